The second kappa shape index (κ2) is 4.49. The number of hydrogen-bond acceptors (Lipinski definition) is 3. The zero-order chi connectivity index (χ0) is 10.7. The maximum Gasteiger partial charge on any atom is 0.309 e. The number of carboxylic acid groups (broad SMARTS) is 1. The predicted octanol–water partition coefficient (Wildman–Crippen LogP) is 0.537. The Hall–Kier alpha value is -0.610. The van der Waals surface area contributed by atoms with Crippen molar-refractivity contribution in [1.29, 1.82) is 0 Å². The van der Waals surface area contributed by atoms with Gasteiger partial charge in [0.2, 0.25) is 0 Å². The molecule has 0 bridgehead atoms. The number of carbonyl (C=O) groups is 1. The van der Waals surface area contributed by atoms with Crippen molar-refractivity contribution in [3.63, 3.8) is 0 Å². The molecule has 4 heteroatoms. The summed E-state index contributed by atoms with van der Waals surface area (Å²) in [4.78, 5) is 13.5. The highest BCUT2D eigenvalue weighted by atomic mass is 16.4. The molecular formula is C11H20N2O2. The van der Waals surface area contributed by atoms with Gasteiger partial charge in [0.25, 0.3) is 0 Å². The molecule has 15 heavy (non-hydrogen) atoms. The van der Waals surface area contributed by atoms with Crippen LogP contribution in [0.25, 0.3) is 0 Å². The van der Waals surface area contributed by atoms with Crippen molar-refractivity contribution in [1.82, 2.24) is 10.2 Å². The van der Waals surface area contributed by atoms with Gasteiger partial charge >= 0.3 is 5.97 Å². The lowest BCUT2D eigenvalue weighted by Crippen LogP contribution is -2.47. The van der Waals surface area contributed by atoms with E-state index in [0.29, 0.717) is 0 Å². The molecule has 2 fully saturated rings. The first-order chi connectivity index (χ1) is 7.23. The van der Waals surface area contributed by atoms with Gasteiger partial charge in [-0.15, -0.1) is 0 Å². The van der Waals surface area contributed by atoms with Gasteiger partial charge in [0, 0.05) is 26.2 Å². The van der Waals surface area contributed by atoms with Crippen molar-refractivity contribution in [2.45, 2.75) is 25.7 Å². The highest BCUT2D eigenvalue weighted by Crippen LogP contribution is 2.44. The molecule has 1 aliphatic heterocycles. The van der Waals surface area contributed by atoms with Crippen LogP contribution in [0.4, 0.5) is 0 Å². The van der Waals surface area contributed by atoms with Crippen molar-refractivity contribution in [2.75, 3.05) is 32.7 Å². The second-order valence-electron chi connectivity index (χ2n) is 4.78. The lowest BCUT2D eigenvalue weighted by atomic mass is 9.66. The third-order valence-electron chi connectivity index (χ3n) is 3.88. The molecule has 1 saturated carbocycles. The second-order valence-corrected chi connectivity index (χ2v) is 4.78. The Morgan fingerprint density at radius 1 is 1.33 bits per heavy atom. The first-order valence-corrected chi connectivity index (χ1v) is 5.89. The van der Waals surface area contributed by atoms with Crippen LogP contribution in [0.15, 0.2) is 0 Å². The molecule has 4 nitrogen and oxygen atoms in total. The van der Waals surface area contributed by atoms with Crippen molar-refractivity contribution in [3.05, 3.63) is 0 Å². The van der Waals surface area contributed by atoms with Crippen LogP contribution in [0.1, 0.15) is 25.7 Å². The Morgan fingerprint density at radius 3 is 2.47 bits per heavy atom. The molecule has 0 atom stereocenters. The summed E-state index contributed by atoms with van der Waals surface area (Å²) >= 11 is 0. The summed E-state index contributed by atoms with van der Waals surface area (Å²) in [6, 6.07) is 0. The topological polar surface area (TPSA) is 52.6 Å². The summed E-state index contributed by atoms with van der Waals surface area (Å²) in [6.07, 6.45) is 3.69. The third kappa shape index (κ3) is 2.32. The Morgan fingerprint density at radius 2 is 2.00 bits per heavy atom. The number of hydrogen-bond donors (Lipinski definition) is 2. The highest BCUT2D eigenvalue weighted by Gasteiger charge is 2.43. The average Bonchev–Trinajstić information content (AvgIpc) is 2.17. The molecule has 2 N–H and O–H groups in total. The fourth-order valence-electron chi connectivity index (χ4n) is 2.48. The summed E-state index contributed by atoms with van der Waals surface area (Å²) in [5, 5.41) is 12.5. The van der Waals surface area contributed by atoms with Crippen LogP contribution in [-0.4, -0.2) is 48.7 Å². The summed E-state index contributed by atoms with van der Waals surface area (Å²) in [7, 11) is 0. The van der Waals surface area contributed by atoms with E-state index >= 15 is 0 Å². The van der Waals surface area contributed by atoms with E-state index in [1.165, 1.54) is 0 Å². The Bertz CT molecular complexity index is 233. The van der Waals surface area contributed by atoms with Gasteiger partial charge in [0.1, 0.15) is 0 Å². The largest absolute Gasteiger partial charge is 0.481 e. The minimum absolute atomic E-state index is 0.370. The molecule has 1 aliphatic carbocycles. The van der Waals surface area contributed by atoms with Gasteiger partial charge in [-0.2, -0.15) is 0 Å². The Labute approximate surface area is 90.6 Å². The van der Waals surface area contributed by atoms with Gasteiger partial charge in [-0.25, -0.2) is 0 Å². The Kier molecular flexibility index (Phi) is 3.26. The number of piperazine rings is 1. The van der Waals surface area contributed by atoms with Crippen LogP contribution in [0.5, 0.6) is 0 Å². The van der Waals surface area contributed by atoms with Gasteiger partial charge in [-0.3, -0.25) is 4.79 Å². The number of carboxylic acids is 1. The van der Waals surface area contributed by atoms with Gasteiger partial charge in [-0.05, 0) is 25.8 Å². The number of nitrogens with one attached hydrogen (secondary N) is 1. The highest BCUT2D eigenvalue weighted by molar-refractivity contribution is 5.75. The zero-order valence-corrected chi connectivity index (χ0v) is 9.17. The quantitative estimate of drug-likeness (QED) is 0.714. The molecule has 0 amide bonds. The van der Waals surface area contributed by atoms with Gasteiger partial charge < -0.3 is 15.3 Å². The molecule has 86 valence electrons. The number of rotatable bonds is 4. The van der Waals surface area contributed by atoms with E-state index in [4.69, 9.17) is 0 Å². The maximum absolute atomic E-state index is 11.1. The van der Waals surface area contributed by atoms with Crippen LogP contribution >= 0.6 is 0 Å². The van der Waals surface area contributed by atoms with Gasteiger partial charge in [0.05, 0.1) is 5.41 Å². The van der Waals surface area contributed by atoms with E-state index in [0.717, 1.165) is 58.4 Å². The monoisotopic (exact) mass is 212 g/mol. The fourth-order valence-corrected chi connectivity index (χ4v) is 2.48. The molecule has 0 aromatic rings. The molecule has 0 unspecified atom stereocenters. The molecule has 1 heterocycles. The van der Waals surface area contributed by atoms with Crippen LogP contribution in [0, 0.1) is 5.41 Å². The van der Waals surface area contributed by atoms with Gasteiger partial charge in [-0.1, -0.05) is 6.42 Å². The van der Waals surface area contributed by atoms with Crippen molar-refractivity contribution < 1.29 is 9.90 Å². The number of nitrogens with zero attached hydrogens (tertiary/aromatic N) is 1. The van der Waals surface area contributed by atoms with Gasteiger partial charge in [0.15, 0.2) is 0 Å². The van der Waals surface area contributed by atoms with Crippen LogP contribution < -0.4 is 5.32 Å². The predicted molar refractivity (Wildman–Crippen MR) is 57.8 cm³/mol. The summed E-state index contributed by atoms with van der Waals surface area (Å²) in [6.45, 7) is 5.17. The molecule has 0 spiro atoms. The van der Waals surface area contributed by atoms with Crippen LogP contribution in [0.2, 0.25) is 0 Å². The minimum atomic E-state index is -0.580. The van der Waals surface area contributed by atoms with E-state index in [2.05, 4.69) is 10.2 Å². The molecule has 1 saturated heterocycles. The average molecular weight is 212 g/mol. The van der Waals surface area contributed by atoms with Crippen molar-refractivity contribution in [3.8, 4) is 0 Å². The standard InChI is InChI=1S/C11H20N2O2/c14-10(15)11(2-1-3-11)4-7-13-8-5-12-6-9-13/h12H,1-9H2,(H,14,15). The SMILES string of the molecule is O=C(O)C1(CCN2CCNCC2)CCC1. The number of aliphatic carboxylic acids is 1. The third-order valence-corrected chi connectivity index (χ3v) is 3.88. The smallest absolute Gasteiger partial charge is 0.309 e. The van der Waals surface area contributed by atoms with Crippen LogP contribution in [0.3, 0.4) is 0 Å². The van der Waals surface area contributed by atoms with E-state index in [1.807, 2.05) is 0 Å². The van der Waals surface area contributed by atoms with E-state index in [1.54, 1.807) is 0 Å². The first-order valence-electron chi connectivity index (χ1n) is 5.89. The summed E-state index contributed by atoms with van der Waals surface area (Å²) in [5.41, 5.74) is -0.370. The molecule has 0 radical (unpaired) electrons. The molecular weight excluding hydrogens is 192 g/mol. The Balaban J connectivity index is 1.78. The molecule has 2 rings (SSSR count). The maximum atomic E-state index is 11.1. The lowest BCUT2D eigenvalue weighted by molar-refractivity contribution is -0.155. The summed E-state index contributed by atoms with van der Waals surface area (Å²) < 4.78 is 0. The fraction of sp³-hybridized carbons (Fsp3) is 0.909. The van der Waals surface area contributed by atoms with Crippen molar-refractivity contribution >= 4 is 5.97 Å². The normalized spacial score (nSPS) is 25.9. The van der Waals surface area contributed by atoms with Crippen LogP contribution in [-0.2, 0) is 4.79 Å². The lowest BCUT2D eigenvalue weighted by Gasteiger charge is -2.39. The van der Waals surface area contributed by atoms with Crippen molar-refractivity contribution in [2.24, 2.45) is 5.41 Å². The van der Waals surface area contributed by atoms with E-state index in [9.17, 15) is 9.90 Å². The van der Waals surface area contributed by atoms with E-state index in [-0.39, 0.29) is 5.41 Å². The molecule has 2 aliphatic rings. The zero-order valence-electron chi connectivity index (χ0n) is 9.17. The summed E-state index contributed by atoms with van der Waals surface area (Å²) in [5.74, 6) is -0.580. The first kappa shape index (κ1) is 10.9. The molecule has 0 aromatic carbocycles. The van der Waals surface area contributed by atoms with E-state index < -0.39 is 5.97 Å². The molecule has 0 aromatic heterocycles. The minimum Gasteiger partial charge on any atom is -0.481 e.